The zero-order valence-corrected chi connectivity index (χ0v) is 22.9. The van der Waals surface area contributed by atoms with Gasteiger partial charge in [0, 0.05) is 36.9 Å². The SMILES string of the molecule is C=N/C=C(/COc1ccc(CO)cc1NC(=O)CNCCCCCCNC(=O)/C=C\C(=O)OC)N(C)C[N+](=O)[O-]. The first-order chi connectivity index (χ1) is 19.2. The number of nitrogens with zero attached hydrogens (tertiary/aromatic N) is 3. The maximum Gasteiger partial charge on any atom is 0.330 e. The molecule has 0 heterocycles. The van der Waals surface area contributed by atoms with Crippen molar-refractivity contribution in [3.05, 3.63) is 57.9 Å². The highest BCUT2D eigenvalue weighted by atomic mass is 16.6. The predicted octanol–water partition coefficient (Wildman–Crippen LogP) is 1.20. The van der Waals surface area contributed by atoms with Gasteiger partial charge in [0.25, 0.3) is 6.67 Å². The normalized spacial score (nSPS) is 11.1. The molecule has 0 bridgehead atoms. The van der Waals surface area contributed by atoms with Crippen molar-refractivity contribution in [2.24, 2.45) is 4.99 Å². The highest BCUT2D eigenvalue weighted by Crippen LogP contribution is 2.26. The van der Waals surface area contributed by atoms with Gasteiger partial charge in [0.2, 0.25) is 11.8 Å². The molecular formula is C26H38N6O8. The number of aliphatic imine (C=N–C) groups is 1. The van der Waals surface area contributed by atoms with Gasteiger partial charge in [0.05, 0.1) is 31.6 Å². The van der Waals surface area contributed by atoms with Crippen LogP contribution in [0.3, 0.4) is 0 Å². The van der Waals surface area contributed by atoms with Crippen LogP contribution in [0.2, 0.25) is 0 Å². The molecule has 0 saturated heterocycles. The second-order valence-corrected chi connectivity index (χ2v) is 8.54. The summed E-state index contributed by atoms with van der Waals surface area (Å²) in [5, 5.41) is 28.8. The molecule has 1 aromatic carbocycles. The number of ether oxygens (including phenoxy) is 2. The van der Waals surface area contributed by atoms with Gasteiger partial charge in [0.15, 0.2) is 0 Å². The number of benzene rings is 1. The number of aliphatic hydroxyl groups excluding tert-OH is 1. The molecule has 0 aromatic heterocycles. The molecule has 2 amide bonds. The van der Waals surface area contributed by atoms with Crippen molar-refractivity contribution >= 4 is 30.2 Å². The lowest BCUT2D eigenvalue weighted by Gasteiger charge is -2.19. The predicted molar refractivity (Wildman–Crippen MR) is 149 cm³/mol. The van der Waals surface area contributed by atoms with Crippen LogP contribution in [-0.4, -0.2) is 86.5 Å². The number of carbonyl (C=O) groups excluding carboxylic acids is 3. The fourth-order valence-electron chi connectivity index (χ4n) is 3.27. The molecule has 0 fully saturated rings. The van der Waals surface area contributed by atoms with E-state index in [-0.39, 0.29) is 31.6 Å². The quantitative estimate of drug-likeness (QED) is 0.0342. The van der Waals surface area contributed by atoms with Gasteiger partial charge in [-0.2, -0.15) is 0 Å². The summed E-state index contributed by atoms with van der Waals surface area (Å²) in [6.07, 6.45) is 6.95. The van der Waals surface area contributed by atoms with Crippen LogP contribution >= 0.6 is 0 Å². The minimum atomic E-state index is -0.590. The van der Waals surface area contributed by atoms with Gasteiger partial charge in [-0.3, -0.25) is 24.7 Å². The minimum absolute atomic E-state index is 0.0580. The zero-order chi connectivity index (χ0) is 29.8. The van der Waals surface area contributed by atoms with Crippen LogP contribution in [0.4, 0.5) is 5.69 Å². The molecule has 0 aliphatic carbocycles. The maximum atomic E-state index is 12.5. The molecule has 4 N–H and O–H groups in total. The topological polar surface area (TPSA) is 185 Å². The summed E-state index contributed by atoms with van der Waals surface area (Å²) in [5.41, 5.74) is 1.33. The summed E-state index contributed by atoms with van der Waals surface area (Å²) in [4.78, 5) is 50.4. The lowest BCUT2D eigenvalue weighted by molar-refractivity contribution is -0.500. The van der Waals surface area contributed by atoms with Crippen molar-refractivity contribution in [2.45, 2.75) is 32.3 Å². The van der Waals surface area contributed by atoms with Gasteiger partial charge in [-0.15, -0.1) is 0 Å². The highest BCUT2D eigenvalue weighted by molar-refractivity contribution is 5.94. The lowest BCUT2D eigenvalue weighted by atomic mass is 10.2. The Bertz CT molecular complexity index is 1060. The third kappa shape index (κ3) is 14.6. The summed E-state index contributed by atoms with van der Waals surface area (Å²) in [7, 11) is 2.76. The third-order valence-electron chi connectivity index (χ3n) is 5.37. The van der Waals surface area contributed by atoms with Crippen LogP contribution in [0.25, 0.3) is 0 Å². The number of nitro groups is 1. The number of methoxy groups -OCH3 is 1. The Kier molecular flexibility index (Phi) is 16.6. The molecule has 0 radical (unpaired) electrons. The number of likely N-dealkylation sites (N-methyl/N-ethyl adjacent to an activating group) is 1. The van der Waals surface area contributed by atoms with E-state index >= 15 is 0 Å². The molecule has 220 valence electrons. The molecule has 0 spiro atoms. The van der Waals surface area contributed by atoms with Crippen molar-refractivity contribution in [1.82, 2.24) is 15.5 Å². The Morgan fingerprint density at radius 3 is 2.55 bits per heavy atom. The Balaban J connectivity index is 2.45. The second kappa shape index (κ2) is 19.7. The van der Waals surface area contributed by atoms with E-state index in [2.05, 4.69) is 32.4 Å². The van der Waals surface area contributed by atoms with Gasteiger partial charge in [0.1, 0.15) is 12.4 Å². The molecule has 14 nitrogen and oxygen atoms in total. The van der Waals surface area contributed by atoms with Gasteiger partial charge in [-0.25, -0.2) is 4.79 Å². The van der Waals surface area contributed by atoms with E-state index in [4.69, 9.17) is 4.74 Å². The van der Waals surface area contributed by atoms with Crippen LogP contribution < -0.4 is 20.7 Å². The van der Waals surface area contributed by atoms with E-state index in [1.807, 2.05) is 0 Å². The van der Waals surface area contributed by atoms with Gasteiger partial charge in [-0.05, 0) is 43.8 Å². The average molecular weight is 563 g/mol. The first-order valence-electron chi connectivity index (χ1n) is 12.6. The first-order valence-corrected chi connectivity index (χ1v) is 12.6. The molecule has 0 atom stereocenters. The number of carbonyl (C=O) groups is 3. The van der Waals surface area contributed by atoms with E-state index in [0.29, 0.717) is 35.8 Å². The first kappa shape index (κ1) is 33.7. The molecule has 0 unspecified atom stereocenters. The van der Waals surface area contributed by atoms with E-state index in [1.54, 1.807) is 18.2 Å². The molecule has 40 heavy (non-hydrogen) atoms. The Labute approximate surface area is 233 Å². The van der Waals surface area contributed by atoms with Crippen LogP contribution in [0.1, 0.15) is 31.2 Å². The highest BCUT2D eigenvalue weighted by Gasteiger charge is 2.14. The van der Waals surface area contributed by atoms with E-state index in [1.165, 1.54) is 25.3 Å². The fourth-order valence-corrected chi connectivity index (χ4v) is 3.27. The number of hydrogen-bond acceptors (Lipinski definition) is 11. The number of unbranched alkanes of at least 4 members (excludes halogenated alkanes) is 3. The number of amides is 2. The summed E-state index contributed by atoms with van der Waals surface area (Å²) >= 11 is 0. The van der Waals surface area contributed by atoms with E-state index < -0.39 is 17.6 Å². The Morgan fingerprint density at radius 2 is 1.90 bits per heavy atom. The minimum Gasteiger partial charge on any atom is -0.485 e. The van der Waals surface area contributed by atoms with E-state index in [9.17, 15) is 29.6 Å². The lowest BCUT2D eigenvalue weighted by Crippen LogP contribution is -2.29. The molecule has 0 aliphatic rings. The zero-order valence-electron chi connectivity index (χ0n) is 22.9. The number of aliphatic hydroxyl groups is 1. The molecule has 0 saturated carbocycles. The number of nitrogens with one attached hydrogen (secondary N) is 3. The largest absolute Gasteiger partial charge is 0.485 e. The van der Waals surface area contributed by atoms with Crippen LogP contribution in [0.5, 0.6) is 5.75 Å². The molecular weight excluding hydrogens is 524 g/mol. The number of esters is 1. The number of anilines is 1. The van der Waals surface area contributed by atoms with Crippen molar-refractivity contribution in [3.8, 4) is 5.75 Å². The van der Waals surface area contributed by atoms with Crippen molar-refractivity contribution in [1.29, 1.82) is 0 Å². The fraction of sp³-hybridized carbons (Fsp3) is 0.462. The van der Waals surface area contributed by atoms with E-state index in [0.717, 1.165) is 37.8 Å². The van der Waals surface area contributed by atoms with Crippen molar-refractivity contribution in [3.63, 3.8) is 0 Å². The average Bonchev–Trinajstić information content (AvgIpc) is 2.92. The van der Waals surface area contributed by atoms with Gasteiger partial charge >= 0.3 is 5.97 Å². The summed E-state index contributed by atoms with van der Waals surface area (Å²) in [6.45, 7) is 3.81. The smallest absolute Gasteiger partial charge is 0.330 e. The van der Waals surface area contributed by atoms with Crippen molar-refractivity contribution < 1.29 is 33.9 Å². The van der Waals surface area contributed by atoms with Gasteiger partial charge < -0.3 is 35.4 Å². The van der Waals surface area contributed by atoms with Crippen LogP contribution in [0, 0.1) is 10.1 Å². The maximum absolute atomic E-state index is 12.5. The third-order valence-corrected chi connectivity index (χ3v) is 5.37. The monoisotopic (exact) mass is 562 g/mol. The second-order valence-electron chi connectivity index (χ2n) is 8.54. The molecule has 14 heteroatoms. The van der Waals surface area contributed by atoms with Crippen molar-refractivity contribution in [2.75, 3.05) is 52.4 Å². The van der Waals surface area contributed by atoms with Crippen LogP contribution in [0.15, 0.2) is 47.2 Å². The summed E-state index contributed by atoms with van der Waals surface area (Å²) < 4.78 is 10.2. The molecule has 1 aromatic rings. The number of hydrogen-bond donors (Lipinski definition) is 4. The Morgan fingerprint density at radius 1 is 1.18 bits per heavy atom. The summed E-state index contributed by atoms with van der Waals surface area (Å²) in [6, 6.07) is 4.83. The summed E-state index contributed by atoms with van der Waals surface area (Å²) in [5.74, 6) is -0.934. The number of rotatable bonds is 20. The van der Waals surface area contributed by atoms with Crippen LogP contribution in [-0.2, 0) is 25.7 Å². The standard InChI is InChI=1S/C26H38N6O8/c1-27-15-21(31(2)19-32(37)38)18-40-23-9-8-20(17-33)14-22(23)30-25(35)16-28-12-6-4-5-7-13-29-24(34)10-11-26(36)39-3/h8-11,14-15,28,33H,1,4-7,12-13,16-19H2,2-3H3,(H,29,34)(H,30,35)/b11-10-,21-15-. The van der Waals surface area contributed by atoms with Gasteiger partial charge in [-0.1, -0.05) is 18.9 Å². The molecule has 1 rings (SSSR count). The molecule has 0 aliphatic heterocycles. The Hall–Kier alpha value is -4.30.